The van der Waals surface area contributed by atoms with Crippen LogP contribution in [0.3, 0.4) is 0 Å². The first kappa shape index (κ1) is 15.1. The van der Waals surface area contributed by atoms with Crippen LogP contribution in [-0.4, -0.2) is 36.7 Å². The van der Waals surface area contributed by atoms with Crippen LogP contribution in [-0.2, 0) is 0 Å². The Bertz CT molecular complexity index is 574. The van der Waals surface area contributed by atoms with Crippen LogP contribution in [0.2, 0.25) is 0 Å². The number of ether oxygens (including phenoxy) is 1. The number of hydrogen-bond acceptors (Lipinski definition) is 5. The standard InChI is InChI=1S/C16H22N4O/c1-4-20(3)15-9-10-17-16(19-15)18-11-12-21-14-8-6-5-7-13(14)2/h5-10H,4,11-12H2,1-3H3,(H,17,18,19). The average Bonchev–Trinajstić information content (AvgIpc) is 2.52. The maximum Gasteiger partial charge on any atom is 0.224 e. The molecule has 0 fully saturated rings. The van der Waals surface area contributed by atoms with E-state index in [4.69, 9.17) is 4.74 Å². The largest absolute Gasteiger partial charge is 0.491 e. The van der Waals surface area contributed by atoms with Gasteiger partial charge in [-0.1, -0.05) is 18.2 Å². The van der Waals surface area contributed by atoms with E-state index >= 15 is 0 Å². The van der Waals surface area contributed by atoms with Crippen LogP contribution in [0, 0.1) is 6.92 Å². The van der Waals surface area contributed by atoms with Gasteiger partial charge in [0.1, 0.15) is 18.2 Å². The topological polar surface area (TPSA) is 50.3 Å². The monoisotopic (exact) mass is 286 g/mol. The number of aromatic nitrogens is 2. The number of hydrogen-bond donors (Lipinski definition) is 1. The summed E-state index contributed by atoms with van der Waals surface area (Å²) >= 11 is 0. The minimum Gasteiger partial charge on any atom is -0.491 e. The van der Waals surface area contributed by atoms with Gasteiger partial charge in [0.05, 0.1) is 6.54 Å². The maximum absolute atomic E-state index is 5.73. The smallest absolute Gasteiger partial charge is 0.224 e. The van der Waals surface area contributed by atoms with E-state index < -0.39 is 0 Å². The summed E-state index contributed by atoms with van der Waals surface area (Å²) in [5.41, 5.74) is 1.14. The van der Waals surface area contributed by atoms with Crippen molar-refractivity contribution in [1.82, 2.24) is 9.97 Å². The molecule has 0 saturated heterocycles. The molecule has 0 atom stereocenters. The van der Waals surface area contributed by atoms with E-state index in [1.54, 1.807) is 6.20 Å². The molecule has 21 heavy (non-hydrogen) atoms. The molecule has 0 bridgehead atoms. The van der Waals surface area contributed by atoms with Gasteiger partial charge >= 0.3 is 0 Å². The van der Waals surface area contributed by atoms with Crippen molar-refractivity contribution in [2.45, 2.75) is 13.8 Å². The van der Waals surface area contributed by atoms with Crippen molar-refractivity contribution in [2.75, 3.05) is 37.0 Å². The molecule has 0 aliphatic heterocycles. The molecule has 112 valence electrons. The number of benzene rings is 1. The van der Waals surface area contributed by atoms with Crippen LogP contribution in [0.15, 0.2) is 36.5 Å². The van der Waals surface area contributed by atoms with Crippen molar-refractivity contribution in [1.29, 1.82) is 0 Å². The molecule has 5 heteroatoms. The molecule has 0 aliphatic rings. The minimum absolute atomic E-state index is 0.571. The molecule has 2 aromatic rings. The predicted molar refractivity (Wildman–Crippen MR) is 86.1 cm³/mol. The van der Waals surface area contributed by atoms with Crippen molar-refractivity contribution < 1.29 is 4.74 Å². The fraction of sp³-hybridized carbons (Fsp3) is 0.375. The fourth-order valence-corrected chi connectivity index (χ4v) is 1.85. The quantitative estimate of drug-likeness (QED) is 0.793. The Morgan fingerprint density at radius 3 is 2.81 bits per heavy atom. The van der Waals surface area contributed by atoms with E-state index in [1.807, 2.05) is 44.3 Å². The molecule has 0 unspecified atom stereocenters. The third-order valence-electron chi connectivity index (χ3n) is 3.24. The number of nitrogens with one attached hydrogen (secondary N) is 1. The Morgan fingerprint density at radius 2 is 2.05 bits per heavy atom. The molecule has 1 aromatic carbocycles. The molecule has 0 saturated carbocycles. The Balaban J connectivity index is 1.82. The zero-order valence-corrected chi connectivity index (χ0v) is 12.8. The van der Waals surface area contributed by atoms with Gasteiger partial charge in [-0.2, -0.15) is 4.98 Å². The SMILES string of the molecule is CCN(C)c1ccnc(NCCOc2ccccc2C)n1. The number of rotatable bonds is 7. The van der Waals surface area contributed by atoms with Gasteiger partial charge in [0, 0.05) is 19.8 Å². The minimum atomic E-state index is 0.571. The second-order valence-corrected chi connectivity index (χ2v) is 4.79. The average molecular weight is 286 g/mol. The molecule has 0 spiro atoms. The van der Waals surface area contributed by atoms with E-state index in [0.717, 1.165) is 23.7 Å². The van der Waals surface area contributed by atoms with Gasteiger partial charge in [0.25, 0.3) is 0 Å². The Kier molecular flexibility index (Phi) is 5.37. The first-order valence-corrected chi connectivity index (χ1v) is 7.17. The number of aryl methyl sites for hydroxylation is 1. The number of nitrogens with zero attached hydrogens (tertiary/aromatic N) is 3. The van der Waals surface area contributed by atoms with Crippen LogP contribution in [0.1, 0.15) is 12.5 Å². The van der Waals surface area contributed by atoms with E-state index in [1.165, 1.54) is 0 Å². The van der Waals surface area contributed by atoms with Gasteiger partial charge < -0.3 is 15.0 Å². The Labute approximate surface area is 126 Å². The van der Waals surface area contributed by atoms with Crippen LogP contribution in [0.25, 0.3) is 0 Å². The summed E-state index contributed by atoms with van der Waals surface area (Å²) in [5.74, 6) is 2.45. The van der Waals surface area contributed by atoms with Crippen LogP contribution in [0.5, 0.6) is 5.75 Å². The van der Waals surface area contributed by atoms with Gasteiger partial charge in [-0.15, -0.1) is 0 Å². The number of anilines is 2. The van der Waals surface area contributed by atoms with Gasteiger partial charge in [-0.25, -0.2) is 4.98 Å². The first-order chi connectivity index (χ1) is 10.2. The second kappa shape index (κ2) is 7.47. The van der Waals surface area contributed by atoms with Gasteiger partial charge in [-0.3, -0.25) is 0 Å². The zero-order valence-electron chi connectivity index (χ0n) is 12.8. The van der Waals surface area contributed by atoms with Crippen molar-refractivity contribution >= 4 is 11.8 Å². The summed E-state index contributed by atoms with van der Waals surface area (Å²) in [6.45, 7) is 6.27. The van der Waals surface area contributed by atoms with Gasteiger partial charge in [0.15, 0.2) is 0 Å². The molecule has 1 N–H and O–H groups in total. The van der Waals surface area contributed by atoms with E-state index in [0.29, 0.717) is 19.1 Å². The molecule has 1 aromatic heterocycles. The summed E-state index contributed by atoms with van der Waals surface area (Å²) in [7, 11) is 2.01. The molecule has 2 rings (SSSR count). The highest BCUT2D eigenvalue weighted by Crippen LogP contribution is 2.15. The Hall–Kier alpha value is -2.30. The van der Waals surface area contributed by atoms with Gasteiger partial charge in [-0.05, 0) is 31.5 Å². The highest BCUT2D eigenvalue weighted by Gasteiger charge is 2.02. The molecule has 5 nitrogen and oxygen atoms in total. The summed E-state index contributed by atoms with van der Waals surface area (Å²) in [5, 5.41) is 3.18. The van der Waals surface area contributed by atoms with Crippen molar-refractivity contribution in [2.24, 2.45) is 0 Å². The van der Waals surface area contributed by atoms with Crippen LogP contribution >= 0.6 is 0 Å². The number of para-hydroxylation sites is 1. The fourth-order valence-electron chi connectivity index (χ4n) is 1.85. The van der Waals surface area contributed by atoms with E-state index in [9.17, 15) is 0 Å². The van der Waals surface area contributed by atoms with E-state index in [-0.39, 0.29) is 0 Å². The highest BCUT2D eigenvalue weighted by molar-refractivity contribution is 5.41. The molecular formula is C16H22N4O. The summed E-state index contributed by atoms with van der Waals surface area (Å²) in [6, 6.07) is 9.89. The molecule has 1 heterocycles. The lowest BCUT2D eigenvalue weighted by atomic mass is 10.2. The lowest BCUT2D eigenvalue weighted by Crippen LogP contribution is -2.19. The third-order valence-corrected chi connectivity index (χ3v) is 3.24. The zero-order chi connectivity index (χ0) is 15.1. The summed E-state index contributed by atoms with van der Waals surface area (Å²) in [6.07, 6.45) is 1.76. The Morgan fingerprint density at radius 1 is 1.24 bits per heavy atom. The van der Waals surface area contributed by atoms with Crippen LogP contribution in [0.4, 0.5) is 11.8 Å². The maximum atomic E-state index is 5.73. The van der Waals surface area contributed by atoms with Crippen molar-refractivity contribution in [3.63, 3.8) is 0 Å². The lowest BCUT2D eigenvalue weighted by Gasteiger charge is -2.16. The first-order valence-electron chi connectivity index (χ1n) is 7.17. The summed E-state index contributed by atoms with van der Waals surface area (Å²) in [4.78, 5) is 10.7. The van der Waals surface area contributed by atoms with Gasteiger partial charge in [0.2, 0.25) is 5.95 Å². The molecular weight excluding hydrogens is 264 g/mol. The lowest BCUT2D eigenvalue weighted by molar-refractivity contribution is 0.330. The van der Waals surface area contributed by atoms with Crippen molar-refractivity contribution in [3.05, 3.63) is 42.1 Å². The predicted octanol–water partition coefficient (Wildman–Crippen LogP) is 2.73. The summed E-state index contributed by atoms with van der Waals surface area (Å²) < 4.78 is 5.73. The van der Waals surface area contributed by atoms with Crippen molar-refractivity contribution in [3.8, 4) is 5.75 Å². The normalized spacial score (nSPS) is 10.2. The third kappa shape index (κ3) is 4.34. The van der Waals surface area contributed by atoms with E-state index in [2.05, 4.69) is 27.1 Å². The molecule has 0 amide bonds. The van der Waals surface area contributed by atoms with Crippen LogP contribution < -0.4 is 15.0 Å². The molecule has 0 aliphatic carbocycles. The highest BCUT2D eigenvalue weighted by atomic mass is 16.5. The molecule has 0 radical (unpaired) electrons. The second-order valence-electron chi connectivity index (χ2n) is 4.79.